The van der Waals surface area contributed by atoms with Crippen molar-refractivity contribution in [2.24, 2.45) is 0 Å². The molecular weight excluding hydrogens is 766 g/mol. The van der Waals surface area contributed by atoms with E-state index in [1.165, 1.54) is 27.1 Å². The summed E-state index contributed by atoms with van der Waals surface area (Å²) in [5, 5.41) is 3.17. The number of nitrogens with one attached hydrogen (secondary N) is 1. The molecule has 13 nitrogen and oxygen atoms in total. The number of esters is 2. The Labute approximate surface area is 330 Å². The number of benzene rings is 4. The molecule has 0 saturated carbocycles. The molecule has 0 bridgehead atoms. The molecule has 2 aliphatic rings. The standard InChI is InChI=1S/C20H24N2O4S.C19H23N3O4S.ClH/c1-26-20(23)18-12-10-17(11-13-18)16-22(19-8-4-2-5-9-19)27(24,25)21-14-6-3-7-15-21;1-26-19(23)17-9-7-16(8-10-17)15-22(18-5-3-2-4-6-18)27(24,25)21-13-11-20-12-14-21;/h2,4-5,8-13H,3,6-7,14-16H2,1H3;2-10,20H,11-15H2,1H3;1H. The second kappa shape index (κ2) is 20.4. The number of carbonyl (C=O) groups is 2. The fourth-order valence-corrected chi connectivity index (χ4v) is 9.43. The Morgan fingerprint density at radius 2 is 0.927 bits per heavy atom. The summed E-state index contributed by atoms with van der Waals surface area (Å²) in [5.41, 5.74) is 3.68. The number of para-hydroxylation sites is 2. The number of piperidine rings is 1. The van der Waals surface area contributed by atoms with Crippen LogP contribution in [0.5, 0.6) is 0 Å². The van der Waals surface area contributed by atoms with Crippen LogP contribution in [0, 0.1) is 0 Å². The Bertz CT molecular complexity index is 1880. The van der Waals surface area contributed by atoms with Crippen LogP contribution in [-0.2, 0) is 43.0 Å². The summed E-state index contributed by atoms with van der Waals surface area (Å²) < 4.78 is 68.4. The maximum atomic E-state index is 13.3. The number of carbonyl (C=O) groups excluding carboxylic acids is 2. The van der Waals surface area contributed by atoms with Crippen molar-refractivity contribution in [2.45, 2.75) is 32.4 Å². The van der Waals surface area contributed by atoms with Gasteiger partial charge in [-0.2, -0.15) is 25.4 Å². The third-order valence-corrected chi connectivity index (χ3v) is 12.9. The number of anilines is 2. The van der Waals surface area contributed by atoms with Crippen molar-refractivity contribution in [3.05, 3.63) is 131 Å². The van der Waals surface area contributed by atoms with Gasteiger partial charge < -0.3 is 14.8 Å². The van der Waals surface area contributed by atoms with Gasteiger partial charge in [0.05, 0.1) is 49.8 Å². The summed E-state index contributed by atoms with van der Waals surface area (Å²) >= 11 is 0. The molecule has 0 radical (unpaired) electrons. The second-order valence-corrected chi connectivity index (χ2v) is 16.4. The lowest BCUT2D eigenvalue weighted by Crippen LogP contribution is -2.51. The van der Waals surface area contributed by atoms with E-state index < -0.39 is 32.4 Å². The first-order valence-corrected chi connectivity index (χ1v) is 20.5. The first kappa shape index (κ1) is 43.2. The van der Waals surface area contributed by atoms with Crippen LogP contribution in [0.4, 0.5) is 11.4 Å². The fourth-order valence-electron chi connectivity index (χ4n) is 6.11. The van der Waals surface area contributed by atoms with Crippen LogP contribution in [0.3, 0.4) is 0 Å². The molecule has 0 unspecified atom stereocenters. The molecule has 2 fully saturated rings. The van der Waals surface area contributed by atoms with E-state index >= 15 is 0 Å². The van der Waals surface area contributed by atoms with Crippen molar-refractivity contribution < 1.29 is 35.9 Å². The highest BCUT2D eigenvalue weighted by Crippen LogP contribution is 2.26. The van der Waals surface area contributed by atoms with Crippen molar-refractivity contribution in [3.8, 4) is 0 Å². The molecule has 0 aliphatic carbocycles. The lowest BCUT2D eigenvalue weighted by Gasteiger charge is -2.33. The van der Waals surface area contributed by atoms with E-state index in [-0.39, 0.29) is 25.5 Å². The maximum Gasteiger partial charge on any atom is 0.337 e. The largest absolute Gasteiger partial charge is 0.465 e. The van der Waals surface area contributed by atoms with Gasteiger partial charge >= 0.3 is 32.4 Å². The predicted molar refractivity (Wildman–Crippen MR) is 216 cm³/mol. The Balaban J connectivity index is 0.000000240. The second-order valence-electron chi connectivity index (χ2n) is 12.7. The highest BCUT2D eigenvalue weighted by Gasteiger charge is 2.32. The third-order valence-electron chi connectivity index (χ3n) is 9.09. The lowest BCUT2D eigenvalue weighted by molar-refractivity contribution is 0.0592. The molecule has 2 heterocycles. The smallest absolute Gasteiger partial charge is 0.337 e. The number of halogens is 1. The number of ether oxygens (including phenoxy) is 2. The molecule has 16 heteroatoms. The lowest BCUT2D eigenvalue weighted by atomic mass is 10.1. The van der Waals surface area contributed by atoms with Crippen LogP contribution < -0.4 is 13.9 Å². The van der Waals surface area contributed by atoms with E-state index in [0.717, 1.165) is 30.4 Å². The molecule has 6 rings (SSSR count). The molecule has 0 aromatic heterocycles. The number of rotatable bonds is 12. The third kappa shape index (κ3) is 11.3. The molecule has 0 amide bonds. The van der Waals surface area contributed by atoms with Gasteiger partial charge in [0, 0.05) is 39.3 Å². The van der Waals surface area contributed by atoms with E-state index in [0.29, 0.717) is 61.8 Å². The number of methoxy groups -OCH3 is 2. The summed E-state index contributed by atoms with van der Waals surface area (Å²) in [5.74, 6) is -0.836. The van der Waals surface area contributed by atoms with Gasteiger partial charge in [0.25, 0.3) is 0 Å². The van der Waals surface area contributed by atoms with E-state index in [1.54, 1.807) is 77.1 Å². The molecule has 0 spiro atoms. The van der Waals surface area contributed by atoms with Gasteiger partial charge in [0.1, 0.15) is 0 Å². The summed E-state index contributed by atoms with van der Waals surface area (Å²) in [7, 11) is -4.64. The molecular formula is C39H48ClN5O8S2. The SMILES string of the molecule is COC(=O)c1ccc(CN(c2ccccc2)S(=O)(=O)N2CCCCC2)cc1.COC(=O)c1ccc(CN(c2ccccc2)S(=O)(=O)N2CCNCC2)cc1.Cl. The van der Waals surface area contributed by atoms with Crippen LogP contribution in [0.1, 0.15) is 51.1 Å². The predicted octanol–water partition coefficient (Wildman–Crippen LogP) is 5.26. The highest BCUT2D eigenvalue weighted by molar-refractivity contribution is 7.90. The van der Waals surface area contributed by atoms with Gasteiger partial charge in [-0.25, -0.2) is 9.59 Å². The van der Waals surface area contributed by atoms with Gasteiger partial charge in [0.2, 0.25) is 0 Å². The van der Waals surface area contributed by atoms with E-state index in [4.69, 9.17) is 9.47 Å². The fraction of sp³-hybridized carbons (Fsp3) is 0.333. The number of hydrogen-bond acceptors (Lipinski definition) is 9. The average Bonchev–Trinajstić information content (AvgIpc) is 3.23. The minimum atomic E-state index is -3.67. The Morgan fingerprint density at radius 1 is 0.564 bits per heavy atom. The van der Waals surface area contributed by atoms with Gasteiger partial charge in [0.15, 0.2) is 0 Å². The zero-order chi connectivity index (χ0) is 38.6. The quantitative estimate of drug-likeness (QED) is 0.189. The van der Waals surface area contributed by atoms with E-state index in [9.17, 15) is 26.4 Å². The van der Waals surface area contributed by atoms with Crippen LogP contribution in [0.15, 0.2) is 109 Å². The summed E-state index contributed by atoms with van der Waals surface area (Å²) in [6.45, 7) is 3.62. The van der Waals surface area contributed by atoms with Crippen LogP contribution in [-0.4, -0.2) is 90.9 Å². The zero-order valence-corrected chi connectivity index (χ0v) is 33.4. The van der Waals surface area contributed by atoms with Crippen LogP contribution in [0.25, 0.3) is 0 Å². The molecule has 4 aromatic rings. The normalized spacial score (nSPS) is 15.0. The topological polar surface area (TPSA) is 146 Å². The molecule has 2 aliphatic heterocycles. The van der Waals surface area contributed by atoms with E-state index in [2.05, 4.69) is 5.32 Å². The van der Waals surface area contributed by atoms with Crippen LogP contribution in [0.2, 0.25) is 0 Å². The van der Waals surface area contributed by atoms with Gasteiger partial charge in [-0.1, -0.05) is 67.1 Å². The van der Waals surface area contributed by atoms with Gasteiger partial charge in [-0.05, 0) is 72.5 Å². The minimum Gasteiger partial charge on any atom is -0.465 e. The highest BCUT2D eigenvalue weighted by atomic mass is 35.5. The Kier molecular flexibility index (Phi) is 16.0. The molecule has 1 N–H and O–H groups in total. The number of hydrogen-bond donors (Lipinski definition) is 1. The van der Waals surface area contributed by atoms with Crippen LogP contribution >= 0.6 is 12.4 Å². The number of piperazine rings is 1. The first-order chi connectivity index (χ1) is 26.0. The molecule has 0 atom stereocenters. The van der Waals surface area contributed by atoms with Crippen molar-refractivity contribution in [3.63, 3.8) is 0 Å². The average molecular weight is 814 g/mol. The molecule has 55 heavy (non-hydrogen) atoms. The van der Waals surface area contributed by atoms with Gasteiger partial charge in [-0.15, -0.1) is 12.4 Å². The molecule has 296 valence electrons. The van der Waals surface area contributed by atoms with Gasteiger partial charge in [-0.3, -0.25) is 8.61 Å². The minimum absolute atomic E-state index is 0. The van der Waals surface area contributed by atoms with E-state index in [1.807, 2.05) is 36.4 Å². The van der Waals surface area contributed by atoms with Crippen molar-refractivity contribution in [1.82, 2.24) is 13.9 Å². The maximum absolute atomic E-state index is 13.3. The molecule has 2 saturated heterocycles. The summed E-state index contributed by atoms with van der Waals surface area (Å²) in [4.78, 5) is 23.2. The van der Waals surface area contributed by atoms with Crippen molar-refractivity contribution in [2.75, 3.05) is 62.1 Å². The Morgan fingerprint density at radius 3 is 1.29 bits per heavy atom. The first-order valence-electron chi connectivity index (χ1n) is 17.8. The summed E-state index contributed by atoms with van der Waals surface area (Å²) in [6, 6.07) is 31.7. The Hall–Kier alpha value is -4.51. The van der Waals surface area contributed by atoms with Crippen molar-refractivity contribution >= 4 is 56.1 Å². The summed E-state index contributed by atoms with van der Waals surface area (Å²) in [6.07, 6.45) is 2.83. The zero-order valence-electron chi connectivity index (χ0n) is 31.0. The monoisotopic (exact) mass is 813 g/mol. The molecule has 4 aromatic carbocycles. The van der Waals surface area contributed by atoms with Crippen molar-refractivity contribution in [1.29, 1.82) is 0 Å². The number of nitrogens with zero attached hydrogens (tertiary/aromatic N) is 4.